The first-order valence-corrected chi connectivity index (χ1v) is 6.90. The molecule has 104 valence electrons. The topological polar surface area (TPSA) is 100 Å². The van der Waals surface area contributed by atoms with Crippen molar-refractivity contribution in [3.05, 3.63) is 4.88 Å². The number of nitrogens with zero attached hydrogens (tertiary/aromatic N) is 2. The fourth-order valence-corrected chi connectivity index (χ4v) is 2.76. The second-order valence-corrected chi connectivity index (χ2v) is 5.34. The van der Waals surface area contributed by atoms with E-state index < -0.39 is 6.04 Å². The molecular weight excluding hydrogens is 266 g/mol. The van der Waals surface area contributed by atoms with E-state index in [0.29, 0.717) is 29.5 Å². The van der Waals surface area contributed by atoms with Crippen LogP contribution in [0.4, 0.5) is 10.9 Å². The van der Waals surface area contributed by atoms with Gasteiger partial charge in [-0.1, -0.05) is 11.3 Å². The third-order valence-corrected chi connectivity index (χ3v) is 3.95. The predicted octanol–water partition coefficient (Wildman–Crippen LogP) is 0.118. The molecule has 0 aliphatic carbocycles. The van der Waals surface area contributed by atoms with Crippen molar-refractivity contribution in [1.29, 1.82) is 0 Å². The summed E-state index contributed by atoms with van der Waals surface area (Å²) >= 11 is 1.19. The maximum atomic E-state index is 12.1. The Labute approximate surface area is 115 Å². The van der Waals surface area contributed by atoms with Crippen LogP contribution in [0.2, 0.25) is 0 Å². The van der Waals surface area contributed by atoms with Gasteiger partial charge in [-0.25, -0.2) is 4.98 Å². The van der Waals surface area contributed by atoms with E-state index in [4.69, 9.17) is 5.73 Å². The van der Waals surface area contributed by atoms with Crippen molar-refractivity contribution < 1.29 is 9.59 Å². The van der Waals surface area contributed by atoms with Gasteiger partial charge in [-0.15, -0.1) is 0 Å². The summed E-state index contributed by atoms with van der Waals surface area (Å²) in [6.45, 7) is 3.30. The molecule has 1 aromatic rings. The molecule has 2 heterocycles. The van der Waals surface area contributed by atoms with Crippen molar-refractivity contribution in [3.8, 4) is 0 Å². The lowest BCUT2D eigenvalue weighted by atomic mass is 10.2. The molecule has 4 N–H and O–H groups in total. The van der Waals surface area contributed by atoms with Crippen LogP contribution in [-0.4, -0.2) is 47.9 Å². The van der Waals surface area contributed by atoms with Crippen LogP contribution in [0, 0.1) is 0 Å². The number of likely N-dealkylation sites (tertiary alicyclic amines) is 1. The average molecular weight is 283 g/mol. The number of aromatic nitrogens is 1. The maximum Gasteiger partial charge on any atom is 0.265 e. The summed E-state index contributed by atoms with van der Waals surface area (Å²) < 4.78 is 0. The molecule has 1 fully saturated rings. The minimum Gasteiger partial charge on any atom is -0.382 e. The Hall–Kier alpha value is -1.83. The summed E-state index contributed by atoms with van der Waals surface area (Å²) in [4.78, 5) is 29.8. The number of nitrogens with two attached hydrogens (primary N) is 1. The Morgan fingerprint density at radius 2 is 2.37 bits per heavy atom. The smallest absolute Gasteiger partial charge is 0.265 e. The number of likely N-dealkylation sites (N-methyl/N-ethyl adjacent to an activating group) is 1. The first kappa shape index (κ1) is 13.6. The fraction of sp³-hybridized carbons (Fsp3) is 0.545. The van der Waals surface area contributed by atoms with Crippen molar-refractivity contribution in [2.24, 2.45) is 0 Å². The van der Waals surface area contributed by atoms with Gasteiger partial charge in [0.25, 0.3) is 5.91 Å². The second kappa shape index (κ2) is 5.43. The minimum absolute atomic E-state index is 0.0663. The highest BCUT2D eigenvalue weighted by atomic mass is 32.1. The number of carbonyl (C=O) groups is 2. The van der Waals surface area contributed by atoms with Crippen LogP contribution in [0.3, 0.4) is 0 Å². The predicted molar refractivity (Wildman–Crippen MR) is 74.2 cm³/mol. The average Bonchev–Trinajstić information content (AvgIpc) is 2.87. The molecule has 19 heavy (non-hydrogen) atoms. The van der Waals surface area contributed by atoms with E-state index in [1.54, 1.807) is 11.9 Å². The van der Waals surface area contributed by atoms with Gasteiger partial charge in [0.15, 0.2) is 5.13 Å². The lowest BCUT2D eigenvalue weighted by Crippen LogP contribution is -2.40. The van der Waals surface area contributed by atoms with Crippen LogP contribution in [0.5, 0.6) is 0 Å². The zero-order chi connectivity index (χ0) is 14.0. The number of carbonyl (C=O) groups excluding carboxylic acids is 2. The Bertz CT molecular complexity index is 501. The summed E-state index contributed by atoms with van der Waals surface area (Å²) in [7, 11) is 1.72. The third-order valence-electron chi connectivity index (χ3n) is 2.92. The number of nitrogens with one attached hydrogen (secondary N) is 2. The molecule has 0 spiro atoms. The third kappa shape index (κ3) is 2.78. The molecule has 0 aromatic carbocycles. The van der Waals surface area contributed by atoms with Crippen molar-refractivity contribution in [2.75, 3.05) is 31.2 Å². The zero-order valence-electron chi connectivity index (χ0n) is 10.9. The van der Waals surface area contributed by atoms with Crippen molar-refractivity contribution in [1.82, 2.24) is 15.2 Å². The van der Waals surface area contributed by atoms with Crippen LogP contribution in [0.15, 0.2) is 0 Å². The van der Waals surface area contributed by atoms with Gasteiger partial charge >= 0.3 is 0 Å². The van der Waals surface area contributed by atoms with Crippen molar-refractivity contribution in [2.45, 2.75) is 19.4 Å². The number of hydrogen-bond acceptors (Lipinski definition) is 6. The van der Waals surface area contributed by atoms with Crippen LogP contribution in [0.1, 0.15) is 23.0 Å². The van der Waals surface area contributed by atoms with E-state index >= 15 is 0 Å². The first-order valence-electron chi connectivity index (χ1n) is 6.09. The SMILES string of the molecule is CCNc1nc(N)c(C(=O)NC2CCN(C)C2=O)s1. The molecule has 8 heteroatoms. The quantitative estimate of drug-likeness (QED) is 0.728. The standard InChI is InChI=1S/C11H17N5O2S/c1-3-13-11-15-8(12)7(19-11)9(17)14-6-4-5-16(2)10(6)18/h6H,3-5,12H2,1-2H3,(H,13,15)(H,14,17). The van der Waals surface area contributed by atoms with Gasteiger partial charge in [0.1, 0.15) is 16.7 Å². The lowest BCUT2D eigenvalue weighted by Gasteiger charge is -2.11. The number of rotatable bonds is 4. The molecule has 1 aromatic heterocycles. The minimum atomic E-state index is -0.457. The summed E-state index contributed by atoms with van der Waals surface area (Å²) in [5.74, 6) is -0.214. The molecule has 7 nitrogen and oxygen atoms in total. The van der Waals surface area contributed by atoms with E-state index in [1.165, 1.54) is 11.3 Å². The van der Waals surface area contributed by atoms with Crippen molar-refractivity contribution >= 4 is 34.1 Å². The summed E-state index contributed by atoms with van der Waals surface area (Å²) in [6, 6.07) is -0.457. The van der Waals surface area contributed by atoms with Gasteiger partial charge < -0.3 is 21.3 Å². The van der Waals surface area contributed by atoms with Crippen LogP contribution < -0.4 is 16.4 Å². The number of thiazole rings is 1. The largest absolute Gasteiger partial charge is 0.382 e. The summed E-state index contributed by atoms with van der Waals surface area (Å²) in [6.07, 6.45) is 0.625. The molecule has 1 aliphatic rings. The number of amides is 2. The molecule has 1 saturated heterocycles. The normalized spacial score (nSPS) is 18.7. The molecule has 2 amide bonds. The molecule has 0 radical (unpaired) electrons. The Morgan fingerprint density at radius 3 is 2.95 bits per heavy atom. The van der Waals surface area contributed by atoms with Gasteiger partial charge in [0.05, 0.1) is 0 Å². The Kier molecular flexibility index (Phi) is 3.89. The Morgan fingerprint density at radius 1 is 1.63 bits per heavy atom. The van der Waals surface area contributed by atoms with Crippen LogP contribution in [0.25, 0.3) is 0 Å². The van der Waals surface area contributed by atoms with Gasteiger partial charge in [-0.2, -0.15) is 0 Å². The van der Waals surface area contributed by atoms with Crippen LogP contribution in [-0.2, 0) is 4.79 Å². The molecule has 0 saturated carbocycles. The molecule has 1 atom stereocenters. The monoisotopic (exact) mass is 283 g/mol. The van der Waals surface area contributed by atoms with E-state index in [2.05, 4.69) is 15.6 Å². The van der Waals surface area contributed by atoms with E-state index in [1.807, 2.05) is 6.92 Å². The first-order chi connectivity index (χ1) is 9.02. The lowest BCUT2D eigenvalue weighted by molar-refractivity contribution is -0.128. The van der Waals surface area contributed by atoms with Gasteiger partial charge in [0, 0.05) is 20.1 Å². The van der Waals surface area contributed by atoms with Crippen molar-refractivity contribution in [3.63, 3.8) is 0 Å². The zero-order valence-corrected chi connectivity index (χ0v) is 11.7. The molecular formula is C11H17N5O2S. The van der Waals surface area contributed by atoms with E-state index in [9.17, 15) is 9.59 Å². The highest BCUT2D eigenvalue weighted by molar-refractivity contribution is 7.18. The number of hydrogen-bond donors (Lipinski definition) is 3. The van der Waals surface area contributed by atoms with E-state index in [-0.39, 0.29) is 17.6 Å². The summed E-state index contributed by atoms with van der Waals surface area (Å²) in [5, 5.41) is 6.32. The van der Waals surface area contributed by atoms with Gasteiger partial charge in [-0.3, -0.25) is 9.59 Å². The van der Waals surface area contributed by atoms with Crippen LogP contribution >= 0.6 is 11.3 Å². The Balaban J connectivity index is 2.06. The molecule has 1 aliphatic heterocycles. The van der Waals surface area contributed by atoms with Gasteiger partial charge in [-0.05, 0) is 13.3 Å². The number of anilines is 2. The molecule has 0 bridgehead atoms. The second-order valence-electron chi connectivity index (χ2n) is 4.34. The van der Waals surface area contributed by atoms with E-state index in [0.717, 1.165) is 0 Å². The molecule has 2 rings (SSSR count). The highest BCUT2D eigenvalue weighted by Crippen LogP contribution is 2.25. The summed E-state index contributed by atoms with van der Waals surface area (Å²) in [5.41, 5.74) is 5.71. The highest BCUT2D eigenvalue weighted by Gasteiger charge is 2.31. The maximum absolute atomic E-state index is 12.1. The van der Waals surface area contributed by atoms with Gasteiger partial charge in [0.2, 0.25) is 5.91 Å². The fourth-order valence-electron chi connectivity index (χ4n) is 1.90. The molecule has 1 unspecified atom stereocenters. The number of nitrogen functional groups attached to an aromatic ring is 1.